The molecule has 0 aromatic heterocycles. The van der Waals surface area contributed by atoms with Crippen LogP contribution in [-0.4, -0.2) is 31.4 Å². The Balaban J connectivity index is 1.65. The zero-order chi connectivity index (χ0) is 18.0. The van der Waals surface area contributed by atoms with Crippen molar-refractivity contribution in [2.75, 3.05) is 19.0 Å². The fourth-order valence-electron chi connectivity index (χ4n) is 2.48. The minimum Gasteiger partial charge on any atom is -0.497 e. The first-order chi connectivity index (χ1) is 12.0. The van der Waals surface area contributed by atoms with Crippen molar-refractivity contribution < 1.29 is 28.2 Å². The zero-order valence-electron chi connectivity index (χ0n) is 13.3. The summed E-state index contributed by atoms with van der Waals surface area (Å²) in [5.41, 5.74) is 1.41. The van der Waals surface area contributed by atoms with Crippen LogP contribution in [0.2, 0.25) is 0 Å². The Morgan fingerprint density at radius 3 is 2.72 bits per heavy atom. The summed E-state index contributed by atoms with van der Waals surface area (Å²) in [4.78, 5) is 35.4. The van der Waals surface area contributed by atoms with Crippen LogP contribution in [0.3, 0.4) is 0 Å². The van der Waals surface area contributed by atoms with E-state index in [1.807, 2.05) is 0 Å². The molecular formula is C18H14FNO5. The van der Waals surface area contributed by atoms with Crippen LogP contribution in [0.25, 0.3) is 0 Å². The number of Topliss-reactive ketones (excluding diaryl/α,β-unsaturated/α-hetero) is 1. The quantitative estimate of drug-likeness (QED) is 0.666. The van der Waals surface area contributed by atoms with Crippen LogP contribution < -0.4 is 10.1 Å². The summed E-state index contributed by atoms with van der Waals surface area (Å²) in [7, 11) is 1.38. The van der Waals surface area contributed by atoms with Gasteiger partial charge in [-0.25, -0.2) is 9.18 Å². The summed E-state index contributed by atoms with van der Waals surface area (Å²) >= 11 is 0. The molecule has 0 fully saturated rings. The minimum absolute atomic E-state index is 0.138. The van der Waals surface area contributed by atoms with Crippen LogP contribution in [0, 0.1) is 5.82 Å². The fraction of sp³-hybridized carbons (Fsp3) is 0.167. The number of halogens is 1. The van der Waals surface area contributed by atoms with Gasteiger partial charge in [-0.2, -0.15) is 0 Å². The molecule has 0 aliphatic carbocycles. The number of methoxy groups -OCH3 is 1. The van der Waals surface area contributed by atoms with Gasteiger partial charge in [0.05, 0.1) is 19.1 Å². The Bertz CT molecular complexity index is 878. The SMILES string of the molecule is COc1ccc(C(=O)OCC(=O)c2ccc3c(c2)CC(=O)N3)c(F)c1. The number of nitrogens with one attached hydrogen (secondary N) is 1. The van der Waals surface area contributed by atoms with Crippen LogP contribution in [-0.2, 0) is 16.0 Å². The molecule has 0 saturated heterocycles. The Kier molecular flexibility index (Phi) is 4.47. The molecule has 1 amide bonds. The molecule has 6 nitrogen and oxygen atoms in total. The van der Waals surface area contributed by atoms with E-state index in [0.29, 0.717) is 16.8 Å². The van der Waals surface area contributed by atoms with E-state index in [1.165, 1.54) is 25.3 Å². The fourth-order valence-corrected chi connectivity index (χ4v) is 2.48. The Morgan fingerprint density at radius 1 is 1.20 bits per heavy atom. The molecule has 7 heteroatoms. The molecule has 2 aromatic carbocycles. The molecule has 3 rings (SSSR count). The van der Waals surface area contributed by atoms with E-state index in [4.69, 9.17) is 9.47 Å². The number of fused-ring (bicyclic) bond motifs is 1. The maximum absolute atomic E-state index is 13.8. The number of carbonyl (C=O) groups excluding carboxylic acids is 3. The molecule has 1 heterocycles. The van der Waals surface area contributed by atoms with Gasteiger partial charge in [-0.15, -0.1) is 0 Å². The van der Waals surface area contributed by atoms with Crippen molar-refractivity contribution in [1.82, 2.24) is 0 Å². The number of benzene rings is 2. The average molecular weight is 343 g/mol. The standard InChI is InChI=1S/C18H14FNO5/c1-24-12-3-4-13(14(19)8-12)18(23)25-9-16(21)10-2-5-15-11(6-10)7-17(22)20-15/h2-6,8H,7,9H2,1H3,(H,20,22). The highest BCUT2D eigenvalue weighted by molar-refractivity contribution is 6.03. The number of amides is 1. The summed E-state index contributed by atoms with van der Waals surface area (Å²) in [6.45, 7) is -0.523. The second-order valence-corrected chi connectivity index (χ2v) is 5.44. The Morgan fingerprint density at radius 2 is 2.00 bits per heavy atom. The number of carbonyl (C=O) groups is 3. The normalized spacial score (nSPS) is 12.3. The van der Waals surface area contributed by atoms with Crippen molar-refractivity contribution >= 4 is 23.3 Å². The third-order valence-electron chi connectivity index (χ3n) is 3.78. The van der Waals surface area contributed by atoms with Gasteiger partial charge in [0, 0.05) is 17.3 Å². The molecular weight excluding hydrogens is 329 g/mol. The number of esters is 1. The molecule has 2 aromatic rings. The molecule has 25 heavy (non-hydrogen) atoms. The molecule has 0 radical (unpaired) electrons. The number of ether oxygens (including phenoxy) is 2. The number of anilines is 1. The lowest BCUT2D eigenvalue weighted by Gasteiger charge is -2.07. The highest BCUT2D eigenvalue weighted by Gasteiger charge is 2.20. The smallest absolute Gasteiger partial charge is 0.341 e. The second-order valence-electron chi connectivity index (χ2n) is 5.44. The van der Waals surface area contributed by atoms with E-state index >= 15 is 0 Å². The van der Waals surface area contributed by atoms with Crippen molar-refractivity contribution in [3.63, 3.8) is 0 Å². The summed E-state index contributed by atoms with van der Waals surface area (Å²) in [5.74, 6) is -2.04. The summed E-state index contributed by atoms with van der Waals surface area (Å²) in [6.07, 6.45) is 0.202. The molecule has 0 spiro atoms. The van der Waals surface area contributed by atoms with Crippen molar-refractivity contribution in [2.24, 2.45) is 0 Å². The van der Waals surface area contributed by atoms with Gasteiger partial charge in [0.1, 0.15) is 11.6 Å². The summed E-state index contributed by atoms with van der Waals surface area (Å²) in [6, 6.07) is 8.45. The van der Waals surface area contributed by atoms with Gasteiger partial charge in [0.25, 0.3) is 0 Å². The topological polar surface area (TPSA) is 81.7 Å². The van der Waals surface area contributed by atoms with Gasteiger partial charge >= 0.3 is 5.97 Å². The van der Waals surface area contributed by atoms with Gasteiger partial charge in [-0.3, -0.25) is 9.59 Å². The van der Waals surface area contributed by atoms with E-state index in [-0.39, 0.29) is 23.6 Å². The first-order valence-corrected chi connectivity index (χ1v) is 7.44. The number of hydrogen-bond acceptors (Lipinski definition) is 5. The predicted octanol–water partition coefficient (Wildman–Crippen LogP) is 2.37. The lowest BCUT2D eigenvalue weighted by atomic mass is 10.1. The van der Waals surface area contributed by atoms with Crippen molar-refractivity contribution in [1.29, 1.82) is 0 Å². The van der Waals surface area contributed by atoms with Crippen molar-refractivity contribution in [2.45, 2.75) is 6.42 Å². The Hall–Kier alpha value is -3.22. The molecule has 1 aliphatic heterocycles. The van der Waals surface area contributed by atoms with Gasteiger partial charge in [0.2, 0.25) is 5.91 Å². The molecule has 1 N–H and O–H groups in total. The van der Waals surface area contributed by atoms with Crippen molar-refractivity contribution in [3.05, 3.63) is 58.9 Å². The molecule has 0 atom stereocenters. The minimum atomic E-state index is -0.938. The molecule has 0 bridgehead atoms. The lowest BCUT2D eigenvalue weighted by Crippen LogP contribution is -2.15. The molecule has 128 valence electrons. The number of hydrogen-bond donors (Lipinski definition) is 1. The highest BCUT2D eigenvalue weighted by Crippen LogP contribution is 2.24. The van der Waals surface area contributed by atoms with E-state index in [1.54, 1.807) is 12.1 Å². The van der Waals surface area contributed by atoms with Gasteiger partial charge in [0.15, 0.2) is 12.4 Å². The monoisotopic (exact) mass is 343 g/mol. The maximum Gasteiger partial charge on any atom is 0.341 e. The summed E-state index contributed by atoms with van der Waals surface area (Å²) < 4.78 is 23.6. The largest absolute Gasteiger partial charge is 0.497 e. The van der Waals surface area contributed by atoms with E-state index in [9.17, 15) is 18.8 Å². The highest BCUT2D eigenvalue weighted by atomic mass is 19.1. The zero-order valence-corrected chi connectivity index (χ0v) is 13.3. The molecule has 0 saturated carbocycles. The average Bonchev–Trinajstić information content (AvgIpc) is 2.98. The number of ketones is 1. The third-order valence-corrected chi connectivity index (χ3v) is 3.78. The predicted molar refractivity (Wildman–Crippen MR) is 86.3 cm³/mol. The number of rotatable bonds is 5. The van der Waals surface area contributed by atoms with E-state index in [0.717, 1.165) is 6.07 Å². The van der Waals surface area contributed by atoms with Crippen LogP contribution in [0.1, 0.15) is 26.3 Å². The third kappa shape index (κ3) is 3.50. The van der Waals surface area contributed by atoms with E-state index in [2.05, 4.69) is 5.32 Å². The first kappa shape index (κ1) is 16.6. The van der Waals surface area contributed by atoms with Crippen LogP contribution in [0.15, 0.2) is 36.4 Å². The molecule has 0 unspecified atom stereocenters. The summed E-state index contributed by atoms with van der Waals surface area (Å²) in [5, 5.41) is 2.66. The first-order valence-electron chi connectivity index (χ1n) is 7.44. The maximum atomic E-state index is 13.8. The lowest BCUT2D eigenvalue weighted by molar-refractivity contribution is -0.115. The molecule has 1 aliphatic rings. The van der Waals surface area contributed by atoms with E-state index < -0.39 is 24.2 Å². The van der Waals surface area contributed by atoms with Crippen molar-refractivity contribution in [3.8, 4) is 5.75 Å². The van der Waals surface area contributed by atoms with Crippen LogP contribution in [0.4, 0.5) is 10.1 Å². The van der Waals surface area contributed by atoms with Gasteiger partial charge in [-0.1, -0.05) is 0 Å². The van der Waals surface area contributed by atoms with Gasteiger partial charge in [-0.05, 0) is 35.9 Å². The van der Waals surface area contributed by atoms with Gasteiger partial charge < -0.3 is 14.8 Å². The Labute approximate surface area is 142 Å². The van der Waals surface area contributed by atoms with Crippen LogP contribution >= 0.6 is 0 Å². The van der Waals surface area contributed by atoms with Crippen LogP contribution in [0.5, 0.6) is 5.75 Å². The second kappa shape index (κ2) is 6.72.